The SMILES string of the molecule is Cc1c(N)nnn1-c1c(F)cccc1F. The summed E-state index contributed by atoms with van der Waals surface area (Å²) in [5.41, 5.74) is 5.58. The smallest absolute Gasteiger partial charge is 0.169 e. The van der Waals surface area contributed by atoms with Gasteiger partial charge in [0.1, 0.15) is 5.69 Å². The van der Waals surface area contributed by atoms with E-state index in [0.29, 0.717) is 5.69 Å². The Morgan fingerprint density at radius 1 is 1.27 bits per heavy atom. The fourth-order valence-electron chi connectivity index (χ4n) is 1.24. The average Bonchev–Trinajstić information content (AvgIpc) is 2.49. The molecule has 15 heavy (non-hydrogen) atoms. The normalized spacial score (nSPS) is 10.6. The zero-order valence-electron chi connectivity index (χ0n) is 7.91. The maximum atomic E-state index is 13.4. The highest BCUT2D eigenvalue weighted by Gasteiger charge is 2.15. The molecule has 0 atom stereocenters. The third-order valence-corrected chi connectivity index (χ3v) is 2.08. The van der Waals surface area contributed by atoms with Crippen LogP contribution in [0.15, 0.2) is 18.2 Å². The number of benzene rings is 1. The molecule has 1 aromatic heterocycles. The standard InChI is InChI=1S/C9H8F2N4/c1-5-9(12)13-14-15(5)8-6(10)3-2-4-7(8)11/h2-4H,12H2,1H3. The lowest BCUT2D eigenvalue weighted by Crippen LogP contribution is -2.05. The van der Waals surface area contributed by atoms with Gasteiger partial charge in [-0.25, -0.2) is 13.5 Å². The summed E-state index contributed by atoms with van der Waals surface area (Å²) in [7, 11) is 0. The van der Waals surface area contributed by atoms with E-state index >= 15 is 0 Å². The van der Waals surface area contributed by atoms with Crippen molar-refractivity contribution in [2.75, 3.05) is 5.73 Å². The van der Waals surface area contributed by atoms with Crippen LogP contribution in [0.4, 0.5) is 14.6 Å². The minimum atomic E-state index is -0.706. The van der Waals surface area contributed by atoms with Gasteiger partial charge in [-0.05, 0) is 19.1 Å². The molecule has 0 spiro atoms. The van der Waals surface area contributed by atoms with Crippen LogP contribution in [0.2, 0.25) is 0 Å². The van der Waals surface area contributed by atoms with Gasteiger partial charge >= 0.3 is 0 Å². The van der Waals surface area contributed by atoms with Gasteiger partial charge in [0.05, 0.1) is 5.69 Å². The van der Waals surface area contributed by atoms with Crippen LogP contribution in [0, 0.1) is 18.6 Å². The Balaban J connectivity index is 2.69. The Morgan fingerprint density at radius 3 is 2.33 bits per heavy atom. The van der Waals surface area contributed by atoms with E-state index in [1.165, 1.54) is 6.07 Å². The molecule has 1 aromatic carbocycles. The zero-order chi connectivity index (χ0) is 11.0. The van der Waals surface area contributed by atoms with Crippen LogP contribution in [0.25, 0.3) is 5.69 Å². The highest BCUT2D eigenvalue weighted by molar-refractivity contribution is 5.41. The van der Waals surface area contributed by atoms with Crippen LogP contribution in [-0.4, -0.2) is 15.0 Å². The lowest BCUT2D eigenvalue weighted by atomic mass is 10.3. The van der Waals surface area contributed by atoms with E-state index in [-0.39, 0.29) is 11.5 Å². The Kier molecular flexibility index (Phi) is 2.11. The summed E-state index contributed by atoms with van der Waals surface area (Å²) >= 11 is 0. The largest absolute Gasteiger partial charge is 0.381 e. The van der Waals surface area contributed by atoms with Gasteiger partial charge in [-0.2, -0.15) is 0 Å². The van der Waals surface area contributed by atoms with Gasteiger partial charge in [-0.1, -0.05) is 11.3 Å². The van der Waals surface area contributed by atoms with Crippen LogP contribution in [0.1, 0.15) is 5.69 Å². The molecule has 0 fully saturated rings. The number of nitrogen functional groups attached to an aromatic ring is 1. The van der Waals surface area contributed by atoms with Crippen LogP contribution in [0.5, 0.6) is 0 Å². The monoisotopic (exact) mass is 210 g/mol. The van der Waals surface area contributed by atoms with Crippen LogP contribution >= 0.6 is 0 Å². The van der Waals surface area contributed by atoms with Gasteiger partial charge in [-0.3, -0.25) is 0 Å². The Bertz CT molecular complexity index is 487. The summed E-state index contributed by atoms with van der Waals surface area (Å²) in [6.07, 6.45) is 0. The summed E-state index contributed by atoms with van der Waals surface area (Å²) in [4.78, 5) is 0. The van der Waals surface area contributed by atoms with Crippen molar-refractivity contribution in [1.82, 2.24) is 15.0 Å². The first-order valence-electron chi connectivity index (χ1n) is 4.23. The Hall–Kier alpha value is -1.98. The topological polar surface area (TPSA) is 56.7 Å². The molecule has 2 N–H and O–H groups in total. The van der Waals surface area contributed by atoms with Crippen molar-refractivity contribution >= 4 is 5.82 Å². The second-order valence-corrected chi connectivity index (χ2v) is 3.04. The van der Waals surface area contributed by atoms with Gasteiger partial charge in [0.15, 0.2) is 17.5 Å². The predicted octanol–water partition coefficient (Wildman–Crippen LogP) is 1.44. The van der Waals surface area contributed by atoms with Crippen molar-refractivity contribution in [2.45, 2.75) is 6.92 Å². The predicted molar refractivity (Wildman–Crippen MR) is 50.4 cm³/mol. The molecule has 1 heterocycles. The third kappa shape index (κ3) is 1.43. The van der Waals surface area contributed by atoms with Crippen molar-refractivity contribution in [2.24, 2.45) is 0 Å². The molecule has 0 saturated heterocycles. The number of anilines is 1. The fourth-order valence-corrected chi connectivity index (χ4v) is 1.24. The molecule has 78 valence electrons. The van der Waals surface area contributed by atoms with E-state index < -0.39 is 11.6 Å². The minimum Gasteiger partial charge on any atom is -0.381 e. The minimum absolute atomic E-state index is 0.151. The third-order valence-electron chi connectivity index (χ3n) is 2.08. The lowest BCUT2D eigenvalue weighted by Gasteiger charge is -2.05. The molecule has 4 nitrogen and oxygen atoms in total. The van der Waals surface area contributed by atoms with E-state index in [0.717, 1.165) is 16.8 Å². The number of para-hydroxylation sites is 1. The molecule has 0 bridgehead atoms. The van der Waals surface area contributed by atoms with Crippen molar-refractivity contribution in [3.05, 3.63) is 35.5 Å². The number of hydrogen-bond donors (Lipinski definition) is 1. The number of rotatable bonds is 1. The van der Waals surface area contributed by atoms with Crippen molar-refractivity contribution in [1.29, 1.82) is 0 Å². The average molecular weight is 210 g/mol. The van der Waals surface area contributed by atoms with Crippen LogP contribution in [0.3, 0.4) is 0 Å². The van der Waals surface area contributed by atoms with Crippen molar-refractivity contribution in [3.8, 4) is 5.69 Å². The molecular formula is C9H8F2N4. The Morgan fingerprint density at radius 2 is 1.87 bits per heavy atom. The number of halogens is 2. The summed E-state index contributed by atoms with van der Waals surface area (Å²) in [6.45, 7) is 1.58. The molecule has 0 radical (unpaired) electrons. The van der Waals surface area contributed by atoms with E-state index in [2.05, 4.69) is 10.3 Å². The van der Waals surface area contributed by atoms with Gasteiger partial charge < -0.3 is 5.73 Å². The fraction of sp³-hybridized carbons (Fsp3) is 0.111. The van der Waals surface area contributed by atoms with Gasteiger partial charge in [0.2, 0.25) is 0 Å². The van der Waals surface area contributed by atoms with Crippen molar-refractivity contribution < 1.29 is 8.78 Å². The molecule has 0 aliphatic heterocycles. The quantitative estimate of drug-likeness (QED) is 0.774. The molecule has 0 unspecified atom stereocenters. The van der Waals surface area contributed by atoms with E-state index in [9.17, 15) is 8.78 Å². The summed E-state index contributed by atoms with van der Waals surface area (Å²) in [5.74, 6) is -1.26. The summed E-state index contributed by atoms with van der Waals surface area (Å²) < 4.78 is 27.8. The first-order chi connectivity index (χ1) is 7.11. The van der Waals surface area contributed by atoms with Crippen LogP contribution < -0.4 is 5.73 Å². The second kappa shape index (κ2) is 3.30. The zero-order valence-corrected chi connectivity index (χ0v) is 7.91. The summed E-state index contributed by atoms with van der Waals surface area (Å²) in [5, 5.41) is 7.10. The lowest BCUT2D eigenvalue weighted by molar-refractivity contribution is 0.553. The van der Waals surface area contributed by atoms with E-state index in [4.69, 9.17) is 5.73 Å². The maximum absolute atomic E-state index is 13.4. The molecule has 2 rings (SSSR count). The number of aromatic nitrogens is 3. The molecular weight excluding hydrogens is 202 g/mol. The molecule has 6 heteroatoms. The maximum Gasteiger partial charge on any atom is 0.169 e. The molecule has 0 aliphatic rings. The van der Waals surface area contributed by atoms with Gasteiger partial charge in [0.25, 0.3) is 0 Å². The van der Waals surface area contributed by atoms with Crippen LogP contribution in [-0.2, 0) is 0 Å². The number of nitrogens with zero attached hydrogens (tertiary/aromatic N) is 3. The highest BCUT2D eigenvalue weighted by atomic mass is 19.1. The van der Waals surface area contributed by atoms with Crippen molar-refractivity contribution in [3.63, 3.8) is 0 Å². The first-order valence-corrected chi connectivity index (χ1v) is 4.23. The first kappa shape index (κ1) is 9.57. The second-order valence-electron chi connectivity index (χ2n) is 3.04. The van der Waals surface area contributed by atoms with Gasteiger partial charge in [-0.15, -0.1) is 5.10 Å². The molecule has 0 saturated carbocycles. The van der Waals surface area contributed by atoms with E-state index in [1.807, 2.05) is 0 Å². The van der Waals surface area contributed by atoms with Gasteiger partial charge in [0, 0.05) is 0 Å². The summed E-state index contributed by atoms with van der Waals surface area (Å²) in [6, 6.07) is 3.58. The van der Waals surface area contributed by atoms with E-state index in [1.54, 1.807) is 6.92 Å². The number of nitrogens with two attached hydrogens (primary N) is 1. The Labute approximate surface area is 84.3 Å². The molecule has 2 aromatic rings. The number of hydrogen-bond acceptors (Lipinski definition) is 3. The molecule has 0 aliphatic carbocycles. The molecule has 0 amide bonds. The highest BCUT2D eigenvalue weighted by Crippen LogP contribution is 2.19.